The molecule has 3 rings (SSSR count). The van der Waals surface area contributed by atoms with Gasteiger partial charge in [-0.25, -0.2) is 4.39 Å². The van der Waals surface area contributed by atoms with Gasteiger partial charge < -0.3 is 15.0 Å². The van der Waals surface area contributed by atoms with Crippen molar-refractivity contribution in [1.29, 1.82) is 0 Å². The summed E-state index contributed by atoms with van der Waals surface area (Å²) in [5.74, 6) is -0.751. The van der Waals surface area contributed by atoms with E-state index in [4.69, 9.17) is 27.9 Å². The molecule has 0 aliphatic heterocycles. The lowest BCUT2D eigenvalue weighted by molar-refractivity contribution is -0.142. The fourth-order valence-corrected chi connectivity index (χ4v) is 3.98. The number of ether oxygens (including phenoxy) is 1. The molecule has 0 heterocycles. The summed E-state index contributed by atoms with van der Waals surface area (Å²) in [6.45, 7) is 2.21. The second-order valence-corrected chi connectivity index (χ2v) is 8.85. The molecular formula is C27H27Cl2FN2O3. The van der Waals surface area contributed by atoms with Crippen molar-refractivity contribution >= 4 is 35.0 Å². The highest BCUT2D eigenvalue weighted by Crippen LogP contribution is 2.27. The van der Waals surface area contributed by atoms with Gasteiger partial charge in [0.15, 0.2) is 6.61 Å². The molecule has 1 atom stereocenters. The number of nitrogens with one attached hydrogen (secondary N) is 1. The molecule has 1 N–H and O–H groups in total. The predicted octanol–water partition coefficient (Wildman–Crippen LogP) is 5.68. The van der Waals surface area contributed by atoms with Crippen LogP contribution in [0.2, 0.25) is 10.0 Å². The van der Waals surface area contributed by atoms with Crippen LogP contribution in [-0.2, 0) is 22.6 Å². The van der Waals surface area contributed by atoms with Crippen molar-refractivity contribution in [1.82, 2.24) is 10.2 Å². The molecule has 8 heteroatoms. The van der Waals surface area contributed by atoms with E-state index in [0.29, 0.717) is 29.3 Å². The molecule has 3 aromatic rings. The molecular weight excluding hydrogens is 490 g/mol. The van der Waals surface area contributed by atoms with Crippen LogP contribution in [0.1, 0.15) is 24.5 Å². The van der Waals surface area contributed by atoms with Crippen molar-refractivity contribution in [3.05, 3.63) is 99.8 Å². The summed E-state index contributed by atoms with van der Waals surface area (Å²) >= 11 is 12.1. The Bertz CT molecular complexity index is 1130. The van der Waals surface area contributed by atoms with Gasteiger partial charge in [-0.15, -0.1) is 0 Å². The van der Waals surface area contributed by atoms with Crippen LogP contribution in [0.15, 0.2) is 72.8 Å². The van der Waals surface area contributed by atoms with Gasteiger partial charge in [-0.2, -0.15) is 0 Å². The maximum absolute atomic E-state index is 13.5. The summed E-state index contributed by atoms with van der Waals surface area (Å²) in [6, 6.07) is 19.2. The molecule has 0 aliphatic rings. The van der Waals surface area contributed by atoms with Crippen molar-refractivity contribution in [2.75, 3.05) is 13.2 Å². The average molecular weight is 517 g/mol. The van der Waals surface area contributed by atoms with Crippen molar-refractivity contribution in [3.8, 4) is 5.75 Å². The predicted molar refractivity (Wildman–Crippen MR) is 136 cm³/mol. The molecule has 2 amide bonds. The molecule has 0 fully saturated rings. The number of carbonyl (C=O) groups is 2. The molecule has 1 unspecified atom stereocenters. The number of halogens is 3. The second-order valence-electron chi connectivity index (χ2n) is 8.01. The van der Waals surface area contributed by atoms with Crippen molar-refractivity contribution in [2.45, 2.75) is 32.4 Å². The lowest BCUT2D eigenvalue weighted by Gasteiger charge is -2.31. The monoisotopic (exact) mass is 516 g/mol. The Kier molecular flexibility index (Phi) is 9.94. The SMILES string of the molecule is CCCNC(=O)C(Cc1ccccc1)N(Cc1ccc(F)cc1)C(=O)COc1ccc(Cl)cc1Cl. The highest BCUT2D eigenvalue weighted by atomic mass is 35.5. The number of hydrogen-bond acceptors (Lipinski definition) is 3. The zero-order chi connectivity index (χ0) is 25.2. The smallest absolute Gasteiger partial charge is 0.261 e. The Labute approximate surface area is 214 Å². The summed E-state index contributed by atoms with van der Waals surface area (Å²) in [7, 11) is 0. The lowest BCUT2D eigenvalue weighted by Crippen LogP contribution is -2.51. The standard InChI is InChI=1S/C27H27Cl2FN2O3/c1-2-14-31-27(34)24(15-19-6-4-3-5-7-19)32(17-20-8-11-22(30)12-9-20)26(33)18-35-25-13-10-21(28)16-23(25)29/h3-13,16,24H,2,14-15,17-18H2,1H3,(H,31,34). The van der Waals surface area contributed by atoms with Gasteiger partial charge in [0, 0.05) is 24.5 Å². The van der Waals surface area contributed by atoms with Gasteiger partial charge in [-0.1, -0.05) is 72.6 Å². The fraction of sp³-hybridized carbons (Fsp3) is 0.259. The molecule has 0 saturated carbocycles. The molecule has 35 heavy (non-hydrogen) atoms. The van der Waals surface area contributed by atoms with Gasteiger partial charge in [0.25, 0.3) is 5.91 Å². The van der Waals surface area contributed by atoms with E-state index in [1.54, 1.807) is 24.3 Å². The van der Waals surface area contributed by atoms with E-state index in [-0.39, 0.29) is 29.9 Å². The Morgan fingerprint density at radius 2 is 1.71 bits per heavy atom. The number of nitrogens with zero attached hydrogens (tertiary/aromatic N) is 1. The highest BCUT2D eigenvalue weighted by molar-refractivity contribution is 6.35. The summed E-state index contributed by atoms with van der Waals surface area (Å²) in [5.41, 5.74) is 1.59. The third-order valence-corrected chi connectivity index (χ3v) is 5.86. The zero-order valence-electron chi connectivity index (χ0n) is 19.3. The minimum absolute atomic E-state index is 0.105. The molecule has 184 valence electrons. The molecule has 0 bridgehead atoms. The quantitative estimate of drug-likeness (QED) is 0.356. The van der Waals surface area contributed by atoms with Gasteiger partial charge in [-0.05, 0) is 47.9 Å². The Morgan fingerprint density at radius 1 is 1.00 bits per heavy atom. The summed E-state index contributed by atoms with van der Waals surface area (Å²) < 4.78 is 19.2. The van der Waals surface area contributed by atoms with Gasteiger partial charge in [0.1, 0.15) is 17.6 Å². The van der Waals surface area contributed by atoms with Crippen molar-refractivity contribution in [2.24, 2.45) is 0 Å². The van der Waals surface area contributed by atoms with Crippen LogP contribution in [0, 0.1) is 5.82 Å². The first-order chi connectivity index (χ1) is 16.9. The fourth-order valence-electron chi connectivity index (χ4n) is 3.52. The first-order valence-electron chi connectivity index (χ1n) is 11.3. The molecule has 3 aromatic carbocycles. The topological polar surface area (TPSA) is 58.6 Å². The van der Waals surface area contributed by atoms with E-state index >= 15 is 0 Å². The number of benzene rings is 3. The zero-order valence-corrected chi connectivity index (χ0v) is 20.9. The summed E-state index contributed by atoms with van der Waals surface area (Å²) in [5, 5.41) is 3.62. The maximum atomic E-state index is 13.5. The van der Waals surface area contributed by atoms with E-state index in [1.807, 2.05) is 37.3 Å². The number of rotatable bonds is 11. The van der Waals surface area contributed by atoms with E-state index in [2.05, 4.69) is 5.32 Å². The van der Waals surface area contributed by atoms with E-state index < -0.39 is 11.9 Å². The largest absolute Gasteiger partial charge is 0.482 e. The second kappa shape index (κ2) is 13.1. The average Bonchev–Trinajstić information content (AvgIpc) is 2.85. The van der Waals surface area contributed by atoms with E-state index in [1.165, 1.54) is 23.1 Å². The van der Waals surface area contributed by atoms with Gasteiger partial charge in [0.2, 0.25) is 5.91 Å². The van der Waals surface area contributed by atoms with Crippen LogP contribution in [0.5, 0.6) is 5.75 Å². The number of hydrogen-bond donors (Lipinski definition) is 1. The first-order valence-corrected chi connectivity index (χ1v) is 12.1. The van der Waals surface area contributed by atoms with Crippen LogP contribution < -0.4 is 10.1 Å². The summed E-state index contributed by atoms with van der Waals surface area (Å²) in [6.07, 6.45) is 1.07. The van der Waals surface area contributed by atoms with E-state index in [9.17, 15) is 14.0 Å². The minimum atomic E-state index is -0.800. The maximum Gasteiger partial charge on any atom is 0.261 e. The Balaban J connectivity index is 1.89. The number of carbonyl (C=O) groups excluding carboxylic acids is 2. The third kappa shape index (κ3) is 7.98. The Morgan fingerprint density at radius 3 is 2.37 bits per heavy atom. The van der Waals surface area contributed by atoms with Crippen LogP contribution in [0.4, 0.5) is 4.39 Å². The Hall–Kier alpha value is -3.09. The van der Waals surface area contributed by atoms with Gasteiger partial charge in [-0.3, -0.25) is 9.59 Å². The molecule has 5 nitrogen and oxygen atoms in total. The highest BCUT2D eigenvalue weighted by Gasteiger charge is 2.30. The van der Waals surface area contributed by atoms with Gasteiger partial charge in [0.05, 0.1) is 5.02 Å². The van der Waals surface area contributed by atoms with Crippen molar-refractivity contribution < 1.29 is 18.7 Å². The molecule has 0 radical (unpaired) electrons. The molecule has 0 aromatic heterocycles. The molecule has 0 spiro atoms. The molecule has 0 aliphatic carbocycles. The van der Waals surface area contributed by atoms with Crippen LogP contribution in [-0.4, -0.2) is 35.9 Å². The summed E-state index contributed by atoms with van der Waals surface area (Å²) in [4.78, 5) is 28.1. The lowest BCUT2D eigenvalue weighted by atomic mass is 10.0. The van der Waals surface area contributed by atoms with E-state index in [0.717, 1.165) is 12.0 Å². The van der Waals surface area contributed by atoms with Crippen LogP contribution >= 0.6 is 23.2 Å². The van der Waals surface area contributed by atoms with Gasteiger partial charge >= 0.3 is 0 Å². The first kappa shape index (κ1) is 26.5. The van der Waals surface area contributed by atoms with Crippen LogP contribution in [0.3, 0.4) is 0 Å². The minimum Gasteiger partial charge on any atom is -0.482 e. The number of amides is 2. The normalized spacial score (nSPS) is 11.5. The van der Waals surface area contributed by atoms with Crippen molar-refractivity contribution in [3.63, 3.8) is 0 Å². The third-order valence-electron chi connectivity index (χ3n) is 5.33. The molecule has 0 saturated heterocycles. The van der Waals surface area contributed by atoms with Crippen LogP contribution in [0.25, 0.3) is 0 Å².